The van der Waals surface area contributed by atoms with Crippen molar-refractivity contribution < 1.29 is 4.79 Å². The Bertz CT molecular complexity index is 1070. The highest BCUT2D eigenvalue weighted by Gasteiger charge is 2.16. The molecule has 0 fully saturated rings. The Balaban J connectivity index is 1.84. The third-order valence-corrected chi connectivity index (χ3v) is 4.31. The molecule has 2 aromatic heterocycles. The highest BCUT2D eigenvalue weighted by atomic mass is 16.2. The van der Waals surface area contributed by atoms with Crippen molar-refractivity contribution in [3.8, 4) is 0 Å². The van der Waals surface area contributed by atoms with Crippen LogP contribution < -0.4 is 16.6 Å². The van der Waals surface area contributed by atoms with Crippen molar-refractivity contribution in [2.24, 2.45) is 14.1 Å². The molecule has 0 bridgehead atoms. The summed E-state index contributed by atoms with van der Waals surface area (Å²) in [5.74, 6) is -0.275. The SMILES string of the molecule is CCCc1ccc(NC(=O)Cn2cnc3c2c(=O)n(C)c(=O)n3C)cc1. The molecule has 0 aliphatic rings. The van der Waals surface area contributed by atoms with Crippen molar-refractivity contribution in [3.63, 3.8) is 0 Å². The van der Waals surface area contributed by atoms with Crippen LogP contribution in [0.5, 0.6) is 0 Å². The fraction of sp³-hybridized carbons (Fsp3) is 0.333. The molecule has 1 N–H and O–H groups in total. The number of benzene rings is 1. The standard InChI is InChI=1S/C18H21N5O3/c1-4-5-12-6-8-13(9-7-12)20-14(24)10-23-11-19-16-15(23)17(25)22(3)18(26)21(16)2/h6-9,11H,4-5,10H2,1-3H3,(H,20,24). The topological polar surface area (TPSA) is 90.9 Å². The normalized spacial score (nSPS) is 11.0. The van der Waals surface area contributed by atoms with Crippen molar-refractivity contribution in [3.05, 3.63) is 57.0 Å². The number of carbonyl (C=O) groups is 1. The molecular weight excluding hydrogens is 334 g/mol. The second kappa shape index (κ2) is 6.99. The van der Waals surface area contributed by atoms with Crippen LogP contribution in [0.25, 0.3) is 11.2 Å². The highest BCUT2D eigenvalue weighted by Crippen LogP contribution is 2.12. The van der Waals surface area contributed by atoms with Gasteiger partial charge in [-0.05, 0) is 24.1 Å². The summed E-state index contributed by atoms with van der Waals surface area (Å²) in [6.45, 7) is 2.05. The van der Waals surface area contributed by atoms with Gasteiger partial charge in [-0.1, -0.05) is 25.5 Å². The van der Waals surface area contributed by atoms with Crippen molar-refractivity contribution in [2.75, 3.05) is 5.32 Å². The van der Waals surface area contributed by atoms with E-state index in [1.54, 1.807) is 7.05 Å². The fourth-order valence-corrected chi connectivity index (χ4v) is 2.92. The maximum atomic E-state index is 12.4. The predicted octanol–water partition coefficient (Wildman–Crippen LogP) is 1.02. The van der Waals surface area contributed by atoms with E-state index in [2.05, 4.69) is 17.2 Å². The van der Waals surface area contributed by atoms with Crippen LogP contribution in [0.2, 0.25) is 0 Å². The Labute approximate surface area is 149 Å². The molecule has 0 aliphatic carbocycles. The van der Waals surface area contributed by atoms with Crippen LogP contribution in [0, 0.1) is 0 Å². The molecule has 0 radical (unpaired) electrons. The van der Waals surface area contributed by atoms with Gasteiger partial charge in [0.25, 0.3) is 5.56 Å². The summed E-state index contributed by atoms with van der Waals surface area (Å²) in [6.07, 6.45) is 3.46. The Hall–Kier alpha value is -3.16. The summed E-state index contributed by atoms with van der Waals surface area (Å²) in [5, 5.41) is 2.81. The summed E-state index contributed by atoms with van der Waals surface area (Å²) in [6, 6.07) is 7.68. The Morgan fingerprint density at radius 1 is 1.12 bits per heavy atom. The summed E-state index contributed by atoms with van der Waals surface area (Å²) in [5.41, 5.74) is 1.47. The number of imidazole rings is 1. The zero-order chi connectivity index (χ0) is 18.8. The van der Waals surface area contributed by atoms with E-state index >= 15 is 0 Å². The molecule has 26 heavy (non-hydrogen) atoms. The smallest absolute Gasteiger partial charge is 0.325 e. The summed E-state index contributed by atoms with van der Waals surface area (Å²) < 4.78 is 3.75. The molecule has 8 nitrogen and oxygen atoms in total. The number of aromatic nitrogens is 4. The van der Waals surface area contributed by atoms with Crippen LogP contribution in [0.4, 0.5) is 5.69 Å². The van der Waals surface area contributed by atoms with E-state index in [9.17, 15) is 14.4 Å². The Morgan fingerprint density at radius 3 is 2.46 bits per heavy atom. The van der Waals surface area contributed by atoms with Crippen LogP contribution >= 0.6 is 0 Å². The molecule has 3 aromatic rings. The zero-order valence-electron chi connectivity index (χ0n) is 15.0. The van der Waals surface area contributed by atoms with E-state index in [0.717, 1.165) is 17.4 Å². The van der Waals surface area contributed by atoms with Crippen LogP contribution in [0.15, 0.2) is 40.2 Å². The van der Waals surface area contributed by atoms with Crippen molar-refractivity contribution >= 4 is 22.8 Å². The first-order valence-electron chi connectivity index (χ1n) is 8.42. The number of fused-ring (bicyclic) bond motifs is 1. The molecule has 0 spiro atoms. The molecule has 8 heteroatoms. The van der Waals surface area contributed by atoms with E-state index in [-0.39, 0.29) is 23.6 Å². The number of nitrogens with one attached hydrogen (secondary N) is 1. The van der Waals surface area contributed by atoms with E-state index in [4.69, 9.17) is 0 Å². The maximum Gasteiger partial charge on any atom is 0.332 e. The second-order valence-corrected chi connectivity index (χ2v) is 6.25. The minimum absolute atomic E-state index is 0.0688. The summed E-state index contributed by atoms with van der Waals surface area (Å²) in [4.78, 5) is 40.8. The van der Waals surface area contributed by atoms with Gasteiger partial charge in [-0.2, -0.15) is 0 Å². The van der Waals surface area contributed by atoms with Gasteiger partial charge in [0, 0.05) is 19.8 Å². The van der Waals surface area contributed by atoms with Gasteiger partial charge in [0.2, 0.25) is 5.91 Å². The molecule has 1 amide bonds. The van der Waals surface area contributed by atoms with Crippen molar-refractivity contribution in [1.82, 2.24) is 18.7 Å². The molecule has 0 saturated carbocycles. The minimum Gasteiger partial charge on any atom is -0.325 e. The lowest BCUT2D eigenvalue weighted by atomic mass is 10.1. The first-order valence-corrected chi connectivity index (χ1v) is 8.42. The summed E-state index contributed by atoms with van der Waals surface area (Å²) in [7, 11) is 2.94. The van der Waals surface area contributed by atoms with E-state index in [1.807, 2.05) is 24.3 Å². The van der Waals surface area contributed by atoms with E-state index in [0.29, 0.717) is 5.69 Å². The van der Waals surface area contributed by atoms with Crippen LogP contribution in [0.1, 0.15) is 18.9 Å². The van der Waals surface area contributed by atoms with Crippen LogP contribution in [-0.4, -0.2) is 24.6 Å². The van der Waals surface area contributed by atoms with Gasteiger partial charge in [0.15, 0.2) is 11.2 Å². The van der Waals surface area contributed by atoms with Crippen LogP contribution in [0.3, 0.4) is 0 Å². The number of anilines is 1. The second-order valence-electron chi connectivity index (χ2n) is 6.25. The molecule has 0 unspecified atom stereocenters. The maximum absolute atomic E-state index is 12.4. The minimum atomic E-state index is -0.475. The van der Waals surface area contributed by atoms with Gasteiger partial charge in [-0.15, -0.1) is 0 Å². The van der Waals surface area contributed by atoms with Gasteiger partial charge < -0.3 is 9.88 Å². The van der Waals surface area contributed by atoms with E-state index in [1.165, 1.54) is 28.1 Å². The fourth-order valence-electron chi connectivity index (χ4n) is 2.92. The van der Waals surface area contributed by atoms with Gasteiger partial charge in [0.05, 0.1) is 6.33 Å². The number of carbonyl (C=O) groups excluding carboxylic acids is 1. The molecule has 0 atom stereocenters. The zero-order valence-corrected chi connectivity index (χ0v) is 15.0. The molecule has 3 rings (SSSR count). The number of amides is 1. The highest BCUT2D eigenvalue weighted by molar-refractivity contribution is 5.91. The average molecular weight is 355 g/mol. The largest absolute Gasteiger partial charge is 0.332 e. The molecule has 2 heterocycles. The third-order valence-electron chi connectivity index (χ3n) is 4.31. The van der Waals surface area contributed by atoms with Gasteiger partial charge in [-0.25, -0.2) is 9.78 Å². The van der Waals surface area contributed by atoms with Crippen molar-refractivity contribution in [2.45, 2.75) is 26.3 Å². The van der Waals surface area contributed by atoms with Gasteiger partial charge >= 0.3 is 5.69 Å². The number of rotatable bonds is 5. The number of hydrogen-bond donors (Lipinski definition) is 1. The third kappa shape index (κ3) is 3.17. The van der Waals surface area contributed by atoms with Crippen LogP contribution in [-0.2, 0) is 31.9 Å². The number of nitrogens with zero attached hydrogens (tertiary/aromatic N) is 4. The molecule has 0 saturated heterocycles. The lowest BCUT2D eigenvalue weighted by Crippen LogP contribution is -2.37. The lowest BCUT2D eigenvalue weighted by Gasteiger charge is -2.08. The Kier molecular flexibility index (Phi) is 4.75. The Morgan fingerprint density at radius 2 is 1.81 bits per heavy atom. The van der Waals surface area contributed by atoms with E-state index < -0.39 is 11.2 Å². The lowest BCUT2D eigenvalue weighted by molar-refractivity contribution is -0.116. The predicted molar refractivity (Wildman–Crippen MR) is 99.3 cm³/mol. The quantitative estimate of drug-likeness (QED) is 0.740. The molecule has 136 valence electrons. The number of aryl methyl sites for hydroxylation is 2. The molecular formula is C18H21N5O3. The van der Waals surface area contributed by atoms with Gasteiger partial charge in [0.1, 0.15) is 6.54 Å². The number of hydrogen-bond acceptors (Lipinski definition) is 4. The van der Waals surface area contributed by atoms with Gasteiger partial charge in [-0.3, -0.25) is 18.7 Å². The summed E-state index contributed by atoms with van der Waals surface area (Å²) >= 11 is 0. The average Bonchev–Trinajstić information content (AvgIpc) is 3.03. The monoisotopic (exact) mass is 355 g/mol. The molecule has 1 aromatic carbocycles. The first kappa shape index (κ1) is 17.7. The van der Waals surface area contributed by atoms with Crippen molar-refractivity contribution in [1.29, 1.82) is 0 Å². The first-order chi connectivity index (χ1) is 12.4. The molecule has 0 aliphatic heterocycles.